The molecule has 1 aromatic heterocycles. The van der Waals surface area contributed by atoms with E-state index in [1.165, 1.54) is 0 Å². The first kappa shape index (κ1) is 18.4. The second-order valence-corrected chi connectivity index (χ2v) is 6.06. The molecule has 0 fully saturated rings. The largest absolute Gasteiger partial charge is 0.386 e. The summed E-state index contributed by atoms with van der Waals surface area (Å²) in [5.74, 6) is -0.597. The Morgan fingerprint density at radius 1 is 1.21 bits per heavy atom. The first-order valence-corrected chi connectivity index (χ1v) is 7.80. The zero-order valence-electron chi connectivity index (χ0n) is 12.4. The number of rotatable bonds is 6. The van der Waals surface area contributed by atoms with Crippen molar-refractivity contribution in [1.82, 2.24) is 15.3 Å². The summed E-state index contributed by atoms with van der Waals surface area (Å²) in [6.45, 7) is -0.971. The van der Waals surface area contributed by atoms with Crippen LogP contribution in [0.3, 0.4) is 0 Å². The number of nitrogens with two attached hydrogens (primary N) is 1. The maximum absolute atomic E-state index is 13.1. The smallest absolute Gasteiger partial charge is 0.253 e. The molecule has 0 radical (unpaired) electrons. The van der Waals surface area contributed by atoms with E-state index in [-0.39, 0.29) is 5.95 Å². The molecule has 0 saturated carbocycles. The van der Waals surface area contributed by atoms with E-state index in [4.69, 9.17) is 28.9 Å². The van der Waals surface area contributed by atoms with E-state index >= 15 is 0 Å². The summed E-state index contributed by atoms with van der Waals surface area (Å²) in [4.78, 5) is 17.9. The van der Waals surface area contributed by atoms with Crippen LogP contribution >= 0.6 is 23.2 Å². The van der Waals surface area contributed by atoms with Crippen molar-refractivity contribution in [2.45, 2.75) is 17.0 Å². The Morgan fingerprint density at radius 3 is 2.29 bits per heavy atom. The number of nitrogen functional groups attached to an aromatic ring is 1. The van der Waals surface area contributed by atoms with Crippen LogP contribution in [-0.2, 0) is 4.79 Å². The first-order valence-electron chi connectivity index (χ1n) is 6.92. The van der Waals surface area contributed by atoms with Crippen LogP contribution in [0.1, 0.15) is 11.7 Å². The van der Waals surface area contributed by atoms with Crippen molar-refractivity contribution >= 4 is 35.1 Å². The Bertz CT molecular complexity index is 683. The van der Waals surface area contributed by atoms with Crippen molar-refractivity contribution in [3.8, 4) is 11.1 Å². The van der Waals surface area contributed by atoms with Gasteiger partial charge < -0.3 is 16.2 Å². The second-order valence-electron chi connectivity index (χ2n) is 4.97. The monoisotopic (exact) mass is 372 g/mol. The maximum Gasteiger partial charge on any atom is 0.253 e. The molecular formula is C15H15Cl2FN4O2. The number of aliphatic hydroxyl groups excluding tert-OH is 1. The summed E-state index contributed by atoms with van der Waals surface area (Å²) in [6, 6.07) is 5.52. The van der Waals surface area contributed by atoms with Crippen molar-refractivity contribution in [2.75, 3.05) is 12.4 Å². The number of hydrogen-bond donors (Lipinski definition) is 3. The van der Waals surface area contributed by atoms with Crippen molar-refractivity contribution < 1.29 is 14.3 Å². The Balaban J connectivity index is 2.13. The quantitative estimate of drug-likeness (QED) is 0.673. The number of alkyl halides is 3. The van der Waals surface area contributed by atoms with Crippen molar-refractivity contribution in [3.05, 3.63) is 42.2 Å². The molecule has 1 aromatic carbocycles. The minimum Gasteiger partial charge on any atom is -0.386 e. The molecule has 0 aliphatic carbocycles. The minimum atomic E-state index is -1.33. The van der Waals surface area contributed by atoms with Crippen molar-refractivity contribution in [1.29, 1.82) is 0 Å². The van der Waals surface area contributed by atoms with Crippen LogP contribution in [0.25, 0.3) is 11.1 Å². The van der Waals surface area contributed by atoms with Gasteiger partial charge in [0.25, 0.3) is 5.91 Å². The molecule has 0 bridgehead atoms. The number of nitrogens with one attached hydrogen (secondary N) is 1. The summed E-state index contributed by atoms with van der Waals surface area (Å²) < 4.78 is 13.1. The van der Waals surface area contributed by atoms with Crippen LogP contribution in [0.5, 0.6) is 0 Å². The number of carbonyl (C=O) groups excluding carboxylic acids is 1. The van der Waals surface area contributed by atoms with Crippen LogP contribution < -0.4 is 11.1 Å². The minimum absolute atomic E-state index is 0.171. The van der Waals surface area contributed by atoms with Gasteiger partial charge in [0.15, 0.2) is 4.84 Å². The molecule has 2 atom stereocenters. The fourth-order valence-corrected chi connectivity index (χ4v) is 2.17. The van der Waals surface area contributed by atoms with Gasteiger partial charge in [-0.25, -0.2) is 14.4 Å². The molecule has 6 nitrogen and oxygen atoms in total. The summed E-state index contributed by atoms with van der Waals surface area (Å²) in [5.41, 5.74) is 7.41. The Hall–Kier alpha value is -1.96. The van der Waals surface area contributed by atoms with E-state index in [1.807, 2.05) is 0 Å². The van der Waals surface area contributed by atoms with Gasteiger partial charge in [0.1, 0.15) is 12.8 Å². The third-order valence-electron chi connectivity index (χ3n) is 3.33. The number of amides is 1. The number of benzene rings is 1. The van der Waals surface area contributed by atoms with Gasteiger partial charge in [-0.15, -0.1) is 0 Å². The van der Waals surface area contributed by atoms with Gasteiger partial charge in [-0.05, 0) is 11.1 Å². The van der Waals surface area contributed by atoms with Crippen LogP contribution in [0.15, 0.2) is 36.7 Å². The number of halogens is 3. The molecule has 2 rings (SSSR count). The molecule has 4 N–H and O–H groups in total. The third kappa shape index (κ3) is 4.53. The van der Waals surface area contributed by atoms with E-state index in [1.54, 1.807) is 36.7 Å². The maximum atomic E-state index is 13.1. The lowest BCUT2D eigenvalue weighted by atomic mass is 10.00. The predicted molar refractivity (Wildman–Crippen MR) is 90.2 cm³/mol. The molecule has 0 unspecified atom stereocenters. The molecule has 0 spiro atoms. The molecule has 0 saturated heterocycles. The lowest BCUT2D eigenvalue weighted by Gasteiger charge is -2.22. The molecule has 2 aromatic rings. The summed E-state index contributed by atoms with van der Waals surface area (Å²) >= 11 is 10.8. The molecule has 0 aliphatic rings. The number of hydrogen-bond acceptors (Lipinski definition) is 5. The molecule has 9 heteroatoms. The lowest BCUT2D eigenvalue weighted by molar-refractivity contribution is -0.121. The Kier molecular flexibility index (Phi) is 6.30. The number of aromatic nitrogens is 2. The highest BCUT2D eigenvalue weighted by Gasteiger charge is 2.25. The van der Waals surface area contributed by atoms with Crippen LogP contribution in [0, 0.1) is 0 Å². The van der Waals surface area contributed by atoms with Gasteiger partial charge in [0, 0.05) is 18.0 Å². The van der Waals surface area contributed by atoms with Gasteiger partial charge >= 0.3 is 0 Å². The van der Waals surface area contributed by atoms with E-state index in [2.05, 4.69) is 15.3 Å². The highest BCUT2D eigenvalue weighted by molar-refractivity contribution is 6.53. The van der Waals surface area contributed by atoms with Crippen LogP contribution in [-0.4, -0.2) is 38.5 Å². The lowest BCUT2D eigenvalue weighted by Crippen LogP contribution is -2.43. The normalized spacial score (nSPS) is 13.5. The topological polar surface area (TPSA) is 101 Å². The zero-order valence-corrected chi connectivity index (χ0v) is 13.9. The number of anilines is 1. The SMILES string of the molecule is Nc1ncc(-c2ccc([C@@H](O)[C@@H](CF)NC(=O)C(Cl)Cl)cc2)cn1. The number of carbonyl (C=O) groups is 1. The molecule has 24 heavy (non-hydrogen) atoms. The molecular weight excluding hydrogens is 358 g/mol. The van der Waals surface area contributed by atoms with E-state index in [0.717, 1.165) is 11.1 Å². The zero-order chi connectivity index (χ0) is 17.7. The summed E-state index contributed by atoms with van der Waals surface area (Å²) in [6.07, 6.45) is 1.89. The van der Waals surface area contributed by atoms with E-state index in [0.29, 0.717) is 5.56 Å². The second kappa shape index (κ2) is 8.23. The third-order valence-corrected chi connectivity index (χ3v) is 3.73. The van der Waals surface area contributed by atoms with Gasteiger partial charge in [-0.1, -0.05) is 47.5 Å². The Morgan fingerprint density at radius 2 is 1.79 bits per heavy atom. The van der Waals surface area contributed by atoms with Gasteiger partial charge in [-0.3, -0.25) is 4.79 Å². The molecule has 1 amide bonds. The standard InChI is InChI=1S/C15H15Cl2FN4O2/c16-13(17)14(24)22-11(5-18)12(23)9-3-1-8(2-4-9)10-6-20-15(19)21-7-10/h1-4,6-7,11-13,23H,5H2,(H,22,24)(H2,19,20,21)/t11-,12-/m1/s1. The Labute approximate surface area is 147 Å². The summed E-state index contributed by atoms with van der Waals surface area (Å²) in [7, 11) is 0. The number of nitrogens with zero attached hydrogens (tertiary/aromatic N) is 2. The molecule has 0 aliphatic heterocycles. The van der Waals surface area contributed by atoms with Crippen LogP contribution in [0.4, 0.5) is 10.3 Å². The van der Waals surface area contributed by atoms with E-state index < -0.39 is 29.6 Å². The van der Waals surface area contributed by atoms with E-state index in [9.17, 15) is 14.3 Å². The van der Waals surface area contributed by atoms with Gasteiger partial charge in [0.2, 0.25) is 5.95 Å². The van der Waals surface area contributed by atoms with Gasteiger partial charge in [-0.2, -0.15) is 0 Å². The highest BCUT2D eigenvalue weighted by Crippen LogP contribution is 2.23. The fraction of sp³-hybridized carbons (Fsp3) is 0.267. The predicted octanol–water partition coefficient (Wildman–Crippen LogP) is 2.02. The molecule has 128 valence electrons. The fourth-order valence-electron chi connectivity index (χ4n) is 2.04. The molecule has 1 heterocycles. The average molecular weight is 373 g/mol. The number of aliphatic hydroxyl groups is 1. The van der Waals surface area contributed by atoms with Crippen molar-refractivity contribution in [2.24, 2.45) is 0 Å². The van der Waals surface area contributed by atoms with Crippen molar-refractivity contribution in [3.63, 3.8) is 0 Å². The van der Waals surface area contributed by atoms with Crippen LogP contribution in [0.2, 0.25) is 0 Å². The first-order chi connectivity index (χ1) is 11.4. The average Bonchev–Trinajstić information content (AvgIpc) is 2.59. The van der Waals surface area contributed by atoms with Gasteiger partial charge in [0.05, 0.1) is 6.04 Å². The highest BCUT2D eigenvalue weighted by atomic mass is 35.5. The summed E-state index contributed by atoms with van der Waals surface area (Å²) in [5, 5.41) is 12.5.